The van der Waals surface area contributed by atoms with Gasteiger partial charge in [-0.1, -0.05) is 25.5 Å². The third kappa shape index (κ3) is 3.92. The number of unbranched alkanes of at least 4 members (excludes halogenated alkanes) is 1. The monoisotopic (exact) mass is 286 g/mol. The molecule has 0 aliphatic heterocycles. The highest BCUT2D eigenvalue weighted by molar-refractivity contribution is 5.48. The van der Waals surface area contributed by atoms with E-state index >= 15 is 0 Å². The van der Waals surface area contributed by atoms with E-state index in [1.807, 2.05) is 19.1 Å². The third-order valence-electron chi connectivity index (χ3n) is 3.31. The van der Waals surface area contributed by atoms with Crippen molar-refractivity contribution in [1.29, 1.82) is 0 Å². The Morgan fingerprint density at radius 2 is 1.86 bits per heavy atom. The highest BCUT2D eigenvalue weighted by Gasteiger charge is 2.10. The van der Waals surface area contributed by atoms with Crippen LogP contribution in [-0.4, -0.2) is 9.97 Å². The molecule has 0 aliphatic carbocycles. The first-order valence-electron chi connectivity index (χ1n) is 7.22. The Morgan fingerprint density at radius 3 is 2.48 bits per heavy atom. The lowest BCUT2D eigenvalue weighted by Crippen LogP contribution is -2.12. The van der Waals surface area contributed by atoms with Crippen molar-refractivity contribution in [1.82, 2.24) is 9.97 Å². The number of anilines is 1. The van der Waals surface area contributed by atoms with Gasteiger partial charge < -0.3 is 10.2 Å². The Balaban J connectivity index is 2.16. The average molecular weight is 286 g/mol. The average Bonchev–Trinajstić information content (AvgIpc) is 2.49. The molecule has 0 amide bonds. The second kappa shape index (κ2) is 7.04. The molecule has 0 spiro atoms. The van der Waals surface area contributed by atoms with Crippen LogP contribution in [0.4, 0.5) is 5.82 Å². The van der Waals surface area contributed by atoms with Crippen LogP contribution in [0, 0.1) is 13.8 Å². The van der Waals surface area contributed by atoms with Crippen LogP contribution in [0.2, 0.25) is 0 Å². The number of aromatic nitrogens is 2. The summed E-state index contributed by atoms with van der Waals surface area (Å²) >= 11 is 0. The lowest BCUT2D eigenvalue weighted by Gasteiger charge is -2.11. The van der Waals surface area contributed by atoms with E-state index in [0.29, 0.717) is 17.5 Å². The van der Waals surface area contributed by atoms with Crippen molar-refractivity contribution in [3.8, 4) is 11.6 Å². The molecule has 0 bridgehead atoms. The quantitative estimate of drug-likeness (QED) is 0.628. The molecule has 0 fully saturated rings. The van der Waals surface area contributed by atoms with E-state index < -0.39 is 0 Å². The number of nitrogens with one attached hydrogen (secondary N) is 1. The summed E-state index contributed by atoms with van der Waals surface area (Å²) in [5.41, 5.74) is 4.68. The van der Waals surface area contributed by atoms with Crippen LogP contribution in [0.5, 0.6) is 11.6 Å². The van der Waals surface area contributed by atoms with Crippen LogP contribution >= 0.6 is 0 Å². The fraction of sp³-hybridized carbons (Fsp3) is 0.375. The van der Waals surface area contributed by atoms with Crippen molar-refractivity contribution < 1.29 is 4.74 Å². The fourth-order valence-electron chi connectivity index (χ4n) is 2.06. The Morgan fingerprint density at radius 1 is 1.14 bits per heavy atom. The van der Waals surface area contributed by atoms with Gasteiger partial charge in [0, 0.05) is 0 Å². The second-order valence-electron chi connectivity index (χ2n) is 5.04. The molecule has 0 saturated carbocycles. The molecule has 0 saturated heterocycles. The third-order valence-corrected chi connectivity index (χ3v) is 3.31. The van der Waals surface area contributed by atoms with E-state index in [-0.39, 0.29) is 0 Å². The number of ether oxygens (including phenoxy) is 1. The van der Waals surface area contributed by atoms with Crippen LogP contribution in [0.25, 0.3) is 0 Å². The van der Waals surface area contributed by atoms with Crippen molar-refractivity contribution in [2.75, 3.05) is 5.43 Å². The van der Waals surface area contributed by atoms with Gasteiger partial charge in [-0.25, -0.2) is 10.8 Å². The van der Waals surface area contributed by atoms with E-state index in [9.17, 15) is 0 Å². The van der Waals surface area contributed by atoms with Gasteiger partial charge in [-0.15, -0.1) is 0 Å². The number of hydrogen-bond donors (Lipinski definition) is 2. The van der Waals surface area contributed by atoms with E-state index in [1.165, 1.54) is 18.4 Å². The standard InChI is InChI=1S/C16H22N4O/c1-4-5-6-13-7-9-14(10-8-13)21-16-11(2)15(20-17)18-12(3)19-16/h7-10H,4-6,17H2,1-3H3,(H,18,19,20). The first-order valence-corrected chi connectivity index (χ1v) is 7.22. The Hall–Kier alpha value is -2.14. The van der Waals surface area contributed by atoms with Crippen LogP contribution in [0.1, 0.15) is 36.7 Å². The Kier molecular flexibility index (Phi) is 5.11. The number of benzene rings is 1. The van der Waals surface area contributed by atoms with E-state index in [0.717, 1.165) is 17.7 Å². The zero-order valence-electron chi connectivity index (χ0n) is 12.8. The summed E-state index contributed by atoms with van der Waals surface area (Å²) < 4.78 is 5.85. The van der Waals surface area contributed by atoms with Gasteiger partial charge in [0.25, 0.3) is 0 Å². The van der Waals surface area contributed by atoms with Crippen LogP contribution in [0.3, 0.4) is 0 Å². The summed E-state index contributed by atoms with van der Waals surface area (Å²) in [4.78, 5) is 8.53. The fourth-order valence-corrected chi connectivity index (χ4v) is 2.06. The smallest absolute Gasteiger partial charge is 0.227 e. The van der Waals surface area contributed by atoms with Gasteiger partial charge in [-0.3, -0.25) is 0 Å². The molecule has 1 aromatic heterocycles. The molecule has 5 nitrogen and oxygen atoms in total. The van der Waals surface area contributed by atoms with Crippen molar-refractivity contribution in [2.45, 2.75) is 40.0 Å². The lowest BCUT2D eigenvalue weighted by atomic mass is 10.1. The van der Waals surface area contributed by atoms with Crippen LogP contribution < -0.4 is 16.0 Å². The minimum absolute atomic E-state index is 0.525. The normalized spacial score (nSPS) is 10.5. The summed E-state index contributed by atoms with van der Waals surface area (Å²) in [6.45, 7) is 5.88. The molecule has 21 heavy (non-hydrogen) atoms. The van der Waals surface area contributed by atoms with Crippen molar-refractivity contribution >= 4 is 5.82 Å². The van der Waals surface area contributed by atoms with Gasteiger partial charge in [0.05, 0.1) is 5.56 Å². The highest BCUT2D eigenvalue weighted by atomic mass is 16.5. The summed E-state index contributed by atoms with van der Waals surface area (Å²) in [5.74, 6) is 7.94. The summed E-state index contributed by atoms with van der Waals surface area (Å²) in [5, 5.41) is 0. The maximum atomic E-state index is 5.85. The number of aryl methyl sites for hydroxylation is 2. The summed E-state index contributed by atoms with van der Waals surface area (Å²) in [6, 6.07) is 8.13. The van der Waals surface area contributed by atoms with E-state index in [4.69, 9.17) is 10.6 Å². The molecule has 2 aromatic rings. The molecule has 1 heterocycles. The maximum Gasteiger partial charge on any atom is 0.227 e. The van der Waals surface area contributed by atoms with Crippen LogP contribution in [-0.2, 0) is 6.42 Å². The molecular formula is C16H22N4O. The molecule has 0 aliphatic rings. The summed E-state index contributed by atoms with van der Waals surface area (Å²) in [7, 11) is 0. The number of hydrazine groups is 1. The molecule has 0 atom stereocenters. The number of hydrogen-bond acceptors (Lipinski definition) is 5. The molecule has 112 valence electrons. The zero-order chi connectivity index (χ0) is 15.2. The van der Waals surface area contributed by atoms with Gasteiger partial charge in [-0.05, 0) is 44.4 Å². The number of nitrogens with two attached hydrogens (primary N) is 1. The number of rotatable bonds is 6. The van der Waals surface area contributed by atoms with E-state index in [2.05, 4.69) is 34.5 Å². The number of nitrogens with zero attached hydrogens (tertiary/aromatic N) is 2. The van der Waals surface area contributed by atoms with Crippen molar-refractivity contribution in [3.05, 3.63) is 41.2 Å². The van der Waals surface area contributed by atoms with Crippen molar-refractivity contribution in [2.24, 2.45) is 5.84 Å². The second-order valence-corrected chi connectivity index (χ2v) is 5.04. The van der Waals surface area contributed by atoms with Gasteiger partial charge in [-0.2, -0.15) is 4.98 Å². The lowest BCUT2D eigenvalue weighted by molar-refractivity contribution is 0.456. The predicted octanol–water partition coefficient (Wildman–Crippen LogP) is 3.51. The molecule has 2 rings (SSSR count). The van der Waals surface area contributed by atoms with Gasteiger partial charge in [0.2, 0.25) is 5.88 Å². The highest BCUT2D eigenvalue weighted by Crippen LogP contribution is 2.26. The minimum atomic E-state index is 0.525. The topological polar surface area (TPSA) is 73.1 Å². The summed E-state index contributed by atoms with van der Waals surface area (Å²) in [6.07, 6.45) is 3.51. The van der Waals surface area contributed by atoms with E-state index in [1.54, 1.807) is 6.92 Å². The first kappa shape index (κ1) is 15.3. The zero-order valence-corrected chi connectivity index (χ0v) is 12.8. The molecule has 1 aromatic carbocycles. The SMILES string of the molecule is CCCCc1ccc(Oc2nc(C)nc(NN)c2C)cc1. The van der Waals surface area contributed by atoms with Gasteiger partial charge >= 0.3 is 0 Å². The predicted molar refractivity (Wildman–Crippen MR) is 84.4 cm³/mol. The molecule has 3 N–H and O–H groups in total. The van der Waals surface area contributed by atoms with Gasteiger partial charge in [0.15, 0.2) is 0 Å². The van der Waals surface area contributed by atoms with Crippen molar-refractivity contribution in [3.63, 3.8) is 0 Å². The van der Waals surface area contributed by atoms with Gasteiger partial charge in [0.1, 0.15) is 17.4 Å². The molecule has 0 radical (unpaired) electrons. The molecule has 5 heteroatoms. The molecule has 0 unspecified atom stereocenters. The number of nitrogen functional groups attached to an aromatic ring is 1. The first-order chi connectivity index (χ1) is 10.1. The Bertz CT molecular complexity index is 596. The Labute approximate surface area is 125 Å². The maximum absolute atomic E-state index is 5.85. The minimum Gasteiger partial charge on any atom is -0.439 e. The molecular weight excluding hydrogens is 264 g/mol. The van der Waals surface area contributed by atoms with Crippen LogP contribution in [0.15, 0.2) is 24.3 Å². The largest absolute Gasteiger partial charge is 0.439 e.